The molecule has 0 bridgehead atoms. The van der Waals surface area contributed by atoms with Crippen molar-refractivity contribution >= 4 is 0 Å². The quantitative estimate of drug-likeness (QED) is 0.894. The Kier molecular flexibility index (Phi) is 4.19. The molecule has 1 saturated carbocycles. The molecule has 104 valence electrons. The van der Waals surface area contributed by atoms with Gasteiger partial charge in [-0.2, -0.15) is 0 Å². The fourth-order valence-electron chi connectivity index (χ4n) is 3.96. The molecular formula is C17H26N2. The number of hydrogen-bond acceptors (Lipinski definition) is 2. The Bertz CT molecular complexity index is 382. The van der Waals surface area contributed by atoms with Gasteiger partial charge in [-0.25, -0.2) is 0 Å². The summed E-state index contributed by atoms with van der Waals surface area (Å²) < 4.78 is 0. The lowest BCUT2D eigenvalue weighted by Gasteiger charge is -2.38. The minimum Gasteiger partial charge on any atom is -0.317 e. The summed E-state index contributed by atoms with van der Waals surface area (Å²) in [6.45, 7) is 1.30. The number of likely N-dealkylation sites (tertiary alicyclic amines) is 1. The second kappa shape index (κ2) is 6.06. The lowest BCUT2D eigenvalue weighted by atomic mass is 9.89. The molecule has 2 heteroatoms. The molecule has 19 heavy (non-hydrogen) atoms. The molecular weight excluding hydrogens is 232 g/mol. The first-order valence-electron chi connectivity index (χ1n) is 7.86. The lowest BCUT2D eigenvalue weighted by molar-refractivity contribution is 0.132. The van der Waals surface area contributed by atoms with Gasteiger partial charge in [-0.3, -0.25) is 4.90 Å². The molecule has 0 radical (unpaired) electrons. The van der Waals surface area contributed by atoms with E-state index in [1.54, 1.807) is 0 Å². The molecule has 1 saturated heterocycles. The molecule has 1 N–H and O–H groups in total. The van der Waals surface area contributed by atoms with Crippen LogP contribution in [0.1, 0.15) is 50.1 Å². The van der Waals surface area contributed by atoms with Crippen molar-refractivity contribution in [3.05, 3.63) is 35.9 Å². The molecule has 2 aliphatic rings. The van der Waals surface area contributed by atoms with Crippen LogP contribution in [0.5, 0.6) is 0 Å². The Morgan fingerprint density at radius 3 is 2.42 bits per heavy atom. The SMILES string of the molecule is CNC1CCC(N2CCCC2c2ccccc2)CC1. The van der Waals surface area contributed by atoms with Crippen molar-refractivity contribution in [3.8, 4) is 0 Å². The van der Waals surface area contributed by atoms with Gasteiger partial charge in [-0.15, -0.1) is 0 Å². The van der Waals surface area contributed by atoms with E-state index in [-0.39, 0.29) is 0 Å². The van der Waals surface area contributed by atoms with Crippen LogP contribution in [0.2, 0.25) is 0 Å². The zero-order chi connectivity index (χ0) is 13.1. The van der Waals surface area contributed by atoms with Gasteiger partial charge in [-0.1, -0.05) is 30.3 Å². The van der Waals surface area contributed by atoms with E-state index in [0.29, 0.717) is 6.04 Å². The molecule has 3 rings (SSSR count). The Labute approximate surface area is 117 Å². The lowest BCUT2D eigenvalue weighted by Crippen LogP contribution is -2.41. The van der Waals surface area contributed by atoms with E-state index in [1.807, 2.05) is 0 Å². The summed E-state index contributed by atoms with van der Waals surface area (Å²) in [7, 11) is 2.10. The number of hydrogen-bond donors (Lipinski definition) is 1. The van der Waals surface area contributed by atoms with Gasteiger partial charge in [0.2, 0.25) is 0 Å². The van der Waals surface area contributed by atoms with Crippen molar-refractivity contribution in [2.24, 2.45) is 0 Å². The van der Waals surface area contributed by atoms with Crippen LogP contribution in [-0.2, 0) is 0 Å². The van der Waals surface area contributed by atoms with Crippen molar-refractivity contribution in [2.45, 2.75) is 56.7 Å². The van der Waals surface area contributed by atoms with Crippen LogP contribution in [0.15, 0.2) is 30.3 Å². The van der Waals surface area contributed by atoms with Crippen LogP contribution in [0.4, 0.5) is 0 Å². The summed E-state index contributed by atoms with van der Waals surface area (Å²) in [4.78, 5) is 2.79. The summed E-state index contributed by atoms with van der Waals surface area (Å²) in [5.74, 6) is 0. The van der Waals surface area contributed by atoms with E-state index in [4.69, 9.17) is 0 Å². The second-order valence-electron chi connectivity index (χ2n) is 6.10. The Balaban J connectivity index is 1.67. The molecule has 2 fully saturated rings. The van der Waals surface area contributed by atoms with E-state index in [1.165, 1.54) is 50.6 Å². The average molecular weight is 258 g/mol. The van der Waals surface area contributed by atoms with Crippen molar-refractivity contribution in [3.63, 3.8) is 0 Å². The van der Waals surface area contributed by atoms with Crippen LogP contribution in [-0.4, -0.2) is 30.6 Å². The molecule has 1 unspecified atom stereocenters. The Hall–Kier alpha value is -0.860. The summed E-state index contributed by atoms with van der Waals surface area (Å²) in [6.07, 6.45) is 8.14. The molecule has 1 heterocycles. The number of benzene rings is 1. The average Bonchev–Trinajstić information content (AvgIpc) is 2.98. The van der Waals surface area contributed by atoms with Crippen molar-refractivity contribution in [1.82, 2.24) is 10.2 Å². The first-order valence-corrected chi connectivity index (χ1v) is 7.86. The van der Waals surface area contributed by atoms with E-state index >= 15 is 0 Å². The number of rotatable bonds is 3. The highest BCUT2D eigenvalue weighted by Gasteiger charge is 2.33. The van der Waals surface area contributed by atoms with Gasteiger partial charge in [0.25, 0.3) is 0 Å². The zero-order valence-electron chi connectivity index (χ0n) is 12.0. The van der Waals surface area contributed by atoms with Gasteiger partial charge < -0.3 is 5.32 Å². The van der Waals surface area contributed by atoms with E-state index in [0.717, 1.165) is 12.1 Å². The molecule has 1 aromatic rings. The summed E-state index contributed by atoms with van der Waals surface area (Å²) >= 11 is 0. The predicted molar refractivity (Wildman–Crippen MR) is 80.2 cm³/mol. The summed E-state index contributed by atoms with van der Waals surface area (Å²) in [6, 6.07) is 13.4. The Morgan fingerprint density at radius 2 is 1.74 bits per heavy atom. The van der Waals surface area contributed by atoms with Gasteiger partial charge in [0, 0.05) is 18.1 Å². The highest BCUT2D eigenvalue weighted by Crippen LogP contribution is 2.37. The van der Waals surface area contributed by atoms with Crippen LogP contribution in [0.25, 0.3) is 0 Å². The van der Waals surface area contributed by atoms with E-state index in [2.05, 4.69) is 47.6 Å². The maximum atomic E-state index is 3.44. The van der Waals surface area contributed by atoms with Crippen LogP contribution < -0.4 is 5.32 Å². The monoisotopic (exact) mass is 258 g/mol. The molecule has 1 aliphatic heterocycles. The molecule has 1 atom stereocenters. The normalized spacial score (nSPS) is 32.6. The second-order valence-corrected chi connectivity index (χ2v) is 6.10. The molecule has 0 aromatic heterocycles. The smallest absolute Gasteiger partial charge is 0.0351 e. The van der Waals surface area contributed by atoms with E-state index < -0.39 is 0 Å². The maximum absolute atomic E-state index is 3.44. The van der Waals surface area contributed by atoms with Gasteiger partial charge in [0.05, 0.1) is 0 Å². The fraction of sp³-hybridized carbons (Fsp3) is 0.647. The third kappa shape index (κ3) is 2.85. The zero-order valence-corrected chi connectivity index (χ0v) is 12.0. The van der Waals surface area contributed by atoms with Crippen LogP contribution in [0, 0.1) is 0 Å². The van der Waals surface area contributed by atoms with Crippen LogP contribution in [0.3, 0.4) is 0 Å². The molecule has 0 amide bonds. The molecule has 1 aromatic carbocycles. The summed E-state index contributed by atoms with van der Waals surface area (Å²) in [5.41, 5.74) is 1.52. The predicted octanol–water partition coefficient (Wildman–Crippen LogP) is 3.35. The topological polar surface area (TPSA) is 15.3 Å². The van der Waals surface area contributed by atoms with Gasteiger partial charge in [0.15, 0.2) is 0 Å². The van der Waals surface area contributed by atoms with E-state index in [9.17, 15) is 0 Å². The maximum Gasteiger partial charge on any atom is 0.0351 e. The van der Waals surface area contributed by atoms with Gasteiger partial charge in [-0.05, 0) is 57.7 Å². The van der Waals surface area contributed by atoms with Crippen molar-refractivity contribution < 1.29 is 0 Å². The first-order chi connectivity index (χ1) is 9.38. The highest BCUT2D eigenvalue weighted by atomic mass is 15.2. The standard InChI is InChI=1S/C17H26N2/c1-18-15-9-11-16(12-10-15)19-13-5-8-17(19)14-6-3-2-4-7-14/h2-4,6-7,15-18H,5,8-13H2,1H3. The highest BCUT2D eigenvalue weighted by molar-refractivity contribution is 5.20. The minimum absolute atomic E-state index is 0.678. The van der Waals surface area contributed by atoms with Gasteiger partial charge >= 0.3 is 0 Å². The van der Waals surface area contributed by atoms with Gasteiger partial charge in [0.1, 0.15) is 0 Å². The molecule has 0 spiro atoms. The third-order valence-corrected chi connectivity index (χ3v) is 5.05. The molecule has 1 aliphatic carbocycles. The largest absolute Gasteiger partial charge is 0.317 e. The number of nitrogens with zero attached hydrogens (tertiary/aromatic N) is 1. The minimum atomic E-state index is 0.678. The third-order valence-electron chi connectivity index (χ3n) is 5.05. The van der Waals surface area contributed by atoms with Crippen molar-refractivity contribution in [2.75, 3.05) is 13.6 Å². The number of nitrogens with one attached hydrogen (secondary N) is 1. The van der Waals surface area contributed by atoms with Crippen LogP contribution >= 0.6 is 0 Å². The molecule has 2 nitrogen and oxygen atoms in total. The fourth-order valence-corrected chi connectivity index (χ4v) is 3.96. The first kappa shape index (κ1) is 13.1. The Morgan fingerprint density at radius 1 is 1.00 bits per heavy atom. The summed E-state index contributed by atoms with van der Waals surface area (Å²) in [5, 5.41) is 3.44. The van der Waals surface area contributed by atoms with Crippen molar-refractivity contribution in [1.29, 1.82) is 0 Å².